The highest BCUT2D eigenvalue weighted by Crippen LogP contribution is 2.60. The fourth-order valence-corrected chi connectivity index (χ4v) is 3.25. The summed E-state index contributed by atoms with van der Waals surface area (Å²) < 4.78 is 0. The van der Waals surface area contributed by atoms with E-state index in [9.17, 15) is 14.7 Å². The summed E-state index contributed by atoms with van der Waals surface area (Å²) in [6, 6.07) is 3.38. The van der Waals surface area contributed by atoms with Crippen LogP contribution in [0, 0.1) is 5.41 Å². The van der Waals surface area contributed by atoms with Gasteiger partial charge in [-0.25, -0.2) is 4.98 Å². The number of nitrogens with one attached hydrogen (secondary N) is 2. The molecule has 1 spiro atoms. The Balaban J connectivity index is 1.65. The molecule has 2 aliphatic carbocycles. The van der Waals surface area contributed by atoms with Crippen molar-refractivity contribution in [3.8, 4) is 5.75 Å². The van der Waals surface area contributed by atoms with E-state index in [4.69, 9.17) is 0 Å². The van der Waals surface area contributed by atoms with Crippen molar-refractivity contribution < 1.29 is 9.90 Å². The first-order valence-corrected chi connectivity index (χ1v) is 7.09. The Kier molecular flexibility index (Phi) is 2.40. The highest BCUT2D eigenvalue weighted by molar-refractivity contribution is 6.01. The summed E-state index contributed by atoms with van der Waals surface area (Å²) in [7, 11) is 0. The molecule has 0 unspecified atom stereocenters. The number of carbonyl (C=O) groups is 1. The van der Waals surface area contributed by atoms with E-state index in [2.05, 4.69) is 15.3 Å². The fraction of sp³-hybridized carbons (Fsp3) is 0.400. The SMILES string of the molecule is O=C(NC1CC2(CC2)C1)c1c(O)c2cccnc2[nH]c1=O. The first-order valence-electron chi connectivity index (χ1n) is 7.09. The van der Waals surface area contributed by atoms with Crippen molar-refractivity contribution >= 4 is 16.9 Å². The van der Waals surface area contributed by atoms with Crippen LogP contribution in [0.15, 0.2) is 23.1 Å². The van der Waals surface area contributed by atoms with E-state index < -0.39 is 11.5 Å². The molecule has 4 rings (SSSR count). The lowest BCUT2D eigenvalue weighted by Gasteiger charge is -2.36. The van der Waals surface area contributed by atoms with Gasteiger partial charge in [-0.05, 0) is 43.2 Å². The van der Waals surface area contributed by atoms with Crippen LogP contribution in [-0.2, 0) is 0 Å². The highest BCUT2D eigenvalue weighted by atomic mass is 16.3. The van der Waals surface area contributed by atoms with Crippen molar-refractivity contribution in [3.63, 3.8) is 0 Å². The van der Waals surface area contributed by atoms with E-state index in [1.54, 1.807) is 12.1 Å². The van der Waals surface area contributed by atoms with E-state index in [0.717, 1.165) is 12.8 Å². The minimum absolute atomic E-state index is 0.114. The van der Waals surface area contributed by atoms with Gasteiger partial charge in [-0.1, -0.05) is 0 Å². The molecular formula is C15H15N3O3. The molecule has 2 aromatic rings. The molecule has 0 atom stereocenters. The molecule has 6 heteroatoms. The van der Waals surface area contributed by atoms with Gasteiger partial charge >= 0.3 is 0 Å². The Bertz CT molecular complexity index is 799. The number of hydrogen-bond donors (Lipinski definition) is 3. The summed E-state index contributed by atoms with van der Waals surface area (Å²) in [6.45, 7) is 0. The van der Waals surface area contributed by atoms with E-state index in [1.165, 1.54) is 19.0 Å². The zero-order chi connectivity index (χ0) is 14.6. The maximum Gasteiger partial charge on any atom is 0.266 e. The minimum atomic E-state index is -0.614. The van der Waals surface area contributed by atoms with Crippen LogP contribution in [0.2, 0.25) is 0 Å². The number of pyridine rings is 2. The molecular weight excluding hydrogens is 270 g/mol. The van der Waals surface area contributed by atoms with Gasteiger partial charge in [0.25, 0.3) is 11.5 Å². The lowest BCUT2D eigenvalue weighted by molar-refractivity contribution is 0.0873. The first kappa shape index (κ1) is 12.4. The fourth-order valence-electron chi connectivity index (χ4n) is 3.25. The van der Waals surface area contributed by atoms with Crippen molar-refractivity contribution in [2.75, 3.05) is 0 Å². The predicted octanol–water partition coefficient (Wildman–Crippen LogP) is 1.30. The molecule has 21 heavy (non-hydrogen) atoms. The monoisotopic (exact) mass is 285 g/mol. The van der Waals surface area contributed by atoms with Crippen LogP contribution >= 0.6 is 0 Å². The smallest absolute Gasteiger partial charge is 0.266 e. The number of rotatable bonds is 2. The molecule has 2 fully saturated rings. The largest absolute Gasteiger partial charge is 0.506 e. The molecule has 1 amide bonds. The van der Waals surface area contributed by atoms with Gasteiger partial charge in [-0.15, -0.1) is 0 Å². The third-order valence-corrected chi connectivity index (χ3v) is 4.64. The zero-order valence-electron chi connectivity index (χ0n) is 11.3. The first-order chi connectivity index (χ1) is 10.1. The second-order valence-corrected chi connectivity index (χ2v) is 6.16. The van der Waals surface area contributed by atoms with Gasteiger partial charge in [0.05, 0.1) is 5.39 Å². The van der Waals surface area contributed by atoms with Gasteiger partial charge in [0.15, 0.2) is 0 Å². The number of amides is 1. The molecule has 0 radical (unpaired) electrons. The Labute approximate surface area is 120 Å². The van der Waals surface area contributed by atoms with Crippen LogP contribution in [0.1, 0.15) is 36.0 Å². The highest BCUT2D eigenvalue weighted by Gasteiger charge is 2.53. The average molecular weight is 285 g/mol. The van der Waals surface area contributed by atoms with Crippen LogP contribution in [0.3, 0.4) is 0 Å². The van der Waals surface area contributed by atoms with Crippen LogP contribution in [0.4, 0.5) is 0 Å². The topological polar surface area (TPSA) is 95.1 Å². The quantitative estimate of drug-likeness (QED) is 0.775. The number of aromatic hydroxyl groups is 1. The van der Waals surface area contributed by atoms with Crippen molar-refractivity contribution in [2.45, 2.75) is 31.7 Å². The third kappa shape index (κ3) is 1.90. The minimum Gasteiger partial charge on any atom is -0.506 e. The van der Waals surface area contributed by atoms with E-state index >= 15 is 0 Å². The molecule has 0 aliphatic heterocycles. The lowest BCUT2D eigenvalue weighted by Crippen LogP contribution is -2.46. The van der Waals surface area contributed by atoms with Crippen molar-refractivity contribution in [3.05, 3.63) is 34.2 Å². The van der Waals surface area contributed by atoms with Gasteiger partial charge in [-0.3, -0.25) is 9.59 Å². The molecule has 3 N–H and O–H groups in total. The van der Waals surface area contributed by atoms with Crippen LogP contribution in [0.5, 0.6) is 5.75 Å². The Hall–Kier alpha value is -2.37. The van der Waals surface area contributed by atoms with E-state index in [0.29, 0.717) is 10.8 Å². The van der Waals surface area contributed by atoms with Crippen molar-refractivity contribution in [1.29, 1.82) is 0 Å². The third-order valence-electron chi connectivity index (χ3n) is 4.64. The number of aromatic amines is 1. The molecule has 6 nitrogen and oxygen atoms in total. The van der Waals surface area contributed by atoms with Gasteiger partial charge < -0.3 is 15.4 Å². The summed E-state index contributed by atoms with van der Waals surface area (Å²) in [5, 5.41) is 13.4. The summed E-state index contributed by atoms with van der Waals surface area (Å²) in [4.78, 5) is 30.8. The Morgan fingerprint density at radius 3 is 2.90 bits per heavy atom. The maximum atomic E-state index is 12.3. The molecule has 2 aliphatic rings. The van der Waals surface area contributed by atoms with Gasteiger partial charge in [0.1, 0.15) is 17.0 Å². The van der Waals surface area contributed by atoms with Crippen LogP contribution < -0.4 is 10.9 Å². The molecule has 2 aromatic heterocycles. The molecule has 2 heterocycles. The van der Waals surface area contributed by atoms with Crippen LogP contribution in [0.25, 0.3) is 11.0 Å². The maximum absolute atomic E-state index is 12.3. The van der Waals surface area contributed by atoms with Crippen molar-refractivity contribution in [2.24, 2.45) is 5.41 Å². The lowest BCUT2D eigenvalue weighted by atomic mass is 9.77. The summed E-state index contributed by atoms with van der Waals surface area (Å²) in [5.74, 6) is -0.820. The second kappa shape index (κ2) is 4.07. The normalized spacial score (nSPS) is 19.4. The Morgan fingerprint density at radius 1 is 1.43 bits per heavy atom. The molecule has 0 aromatic carbocycles. The molecule has 2 saturated carbocycles. The summed E-state index contributed by atoms with van der Waals surface area (Å²) >= 11 is 0. The number of hydrogen-bond acceptors (Lipinski definition) is 4. The number of fused-ring (bicyclic) bond motifs is 1. The molecule has 0 saturated heterocycles. The molecule has 0 bridgehead atoms. The second-order valence-electron chi connectivity index (χ2n) is 6.16. The van der Waals surface area contributed by atoms with Gasteiger partial charge in [0.2, 0.25) is 0 Å². The van der Waals surface area contributed by atoms with Crippen molar-refractivity contribution in [1.82, 2.24) is 15.3 Å². The van der Waals surface area contributed by atoms with Gasteiger partial charge in [0, 0.05) is 12.2 Å². The zero-order valence-corrected chi connectivity index (χ0v) is 11.3. The molecule has 108 valence electrons. The number of H-pyrrole nitrogens is 1. The number of nitrogens with zero attached hydrogens (tertiary/aromatic N) is 1. The van der Waals surface area contributed by atoms with Gasteiger partial charge in [-0.2, -0.15) is 0 Å². The predicted molar refractivity (Wildman–Crippen MR) is 76.2 cm³/mol. The summed E-state index contributed by atoms with van der Waals surface area (Å²) in [6.07, 6.45) is 5.96. The number of aromatic nitrogens is 2. The van der Waals surface area contributed by atoms with Crippen LogP contribution in [-0.4, -0.2) is 27.0 Å². The average Bonchev–Trinajstić information content (AvgIpc) is 3.19. The summed E-state index contributed by atoms with van der Waals surface area (Å²) in [5.41, 5.74) is -0.0965. The standard InChI is InChI=1S/C15H15N3O3/c19-11-9-2-1-5-16-12(9)18-14(21)10(11)13(20)17-8-6-15(7-8)3-4-15/h1-2,5,8H,3-4,6-7H2,(H,17,20)(H2,16,18,19,21). The van der Waals surface area contributed by atoms with E-state index in [1.807, 2.05) is 0 Å². The number of carbonyl (C=O) groups excluding carboxylic acids is 1. The van der Waals surface area contributed by atoms with E-state index in [-0.39, 0.29) is 23.0 Å². The Morgan fingerprint density at radius 2 is 2.19 bits per heavy atom.